The fourth-order valence-electron chi connectivity index (χ4n) is 2.19. The van der Waals surface area contributed by atoms with Crippen molar-refractivity contribution in [1.82, 2.24) is 5.43 Å². The maximum atomic E-state index is 11.9. The van der Waals surface area contributed by atoms with Gasteiger partial charge in [-0.3, -0.25) is 9.59 Å². The summed E-state index contributed by atoms with van der Waals surface area (Å²) in [5.41, 5.74) is 3.61. The number of carbonyl (C=O) groups is 2. The van der Waals surface area contributed by atoms with E-state index in [1.54, 1.807) is 49.6 Å². The Morgan fingerprint density at radius 3 is 2.56 bits per heavy atom. The predicted octanol–water partition coefficient (Wildman–Crippen LogP) is 3.23. The normalized spacial score (nSPS) is 10.5. The number of halogens is 1. The van der Waals surface area contributed by atoms with Crippen LogP contribution in [-0.2, 0) is 9.59 Å². The van der Waals surface area contributed by atoms with E-state index in [1.807, 2.05) is 0 Å². The Bertz CT molecular complexity index is 839. The first-order chi connectivity index (χ1) is 13.0. The number of carbonyl (C=O) groups excluding carboxylic acids is 2. The number of rotatable bonds is 8. The lowest BCUT2D eigenvalue weighted by Crippen LogP contribution is -2.20. The van der Waals surface area contributed by atoms with Gasteiger partial charge in [-0.15, -0.1) is 0 Å². The summed E-state index contributed by atoms with van der Waals surface area (Å²) in [5, 5.41) is 7.09. The molecule has 2 amide bonds. The van der Waals surface area contributed by atoms with Crippen LogP contribution in [-0.4, -0.2) is 32.2 Å². The van der Waals surface area contributed by atoms with Crippen LogP contribution in [0.3, 0.4) is 0 Å². The Morgan fingerprint density at radius 1 is 1.07 bits per heavy atom. The molecule has 0 heterocycles. The molecule has 0 radical (unpaired) electrons. The summed E-state index contributed by atoms with van der Waals surface area (Å²) >= 11 is 5.86. The number of methoxy groups -OCH3 is 2. The van der Waals surface area contributed by atoms with Crippen molar-refractivity contribution < 1.29 is 19.1 Å². The molecule has 0 bridgehead atoms. The van der Waals surface area contributed by atoms with Crippen LogP contribution >= 0.6 is 11.6 Å². The molecule has 0 spiro atoms. The number of hydrogen-bond donors (Lipinski definition) is 2. The van der Waals surface area contributed by atoms with E-state index >= 15 is 0 Å². The maximum absolute atomic E-state index is 11.9. The van der Waals surface area contributed by atoms with Gasteiger partial charge in [-0.05, 0) is 36.4 Å². The number of benzene rings is 2. The Kier molecular flexibility index (Phi) is 7.63. The van der Waals surface area contributed by atoms with Crippen molar-refractivity contribution >= 4 is 35.3 Å². The van der Waals surface area contributed by atoms with Gasteiger partial charge >= 0.3 is 0 Å². The Balaban J connectivity index is 1.82. The monoisotopic (exact) mass is 389 g/mol. The molecule has 2 aromatic carbocycles. The second-order valence-corrected chi connectivity index (χ2v) is 5.90. The number of nitrogens with zero attached hydrogens (tertiary/aromatic N) is 1. The van der Waals surface area contributed by atoms with Crippen LogP contribution in [0.25, 0.3) is 0 Å². The smallest absolute Gasteiger partial charge is 0.240 e. The van der Waals surface area contributed by atoms with Crippen LogP contribution in [0.2, 0.25) is 5.02 Å². The lowest BCUT2D eigenvalue weighted by atomic mass is 10.2. The molecule has 0 saturated heterocycles. The molecule has 0 unspecified atom stereocenters. The molecule has 142 valence electrons. The third-order valence-electron chi connectivity index (χ3n) is 3.52. The van der Waals surface area contributed by atoms with Gasteiger partial charge in [0, 0.05) is 29.1 Å². The van der Waals surface area contributed by atoms with E-state index in [2.05, 4.69) is 15.8 Å². The van der Waals surface area contributed by atoms with Gasteiger partial charge in [-0.25, -0.2) is 5.43 Å². The van der Waals surface area contributed by atoms with Crippen LogP contribution in [0.5, 0.6) is 11.5 Å². The van der Waals surface area contributed by atoms with E-state index in [0.717, 1.165) is 0 Å². The van der Waals surface area contributed by atoms with Gasteiger partial charge in [0.25, 0.3) is 0 Å². The topological polar surface area (TPSA) is 89.0 Å². The zero-order valence-electron chi connectivity index (χ0n) is 15.0. The van der Waals surface area contributed by atoms with E-state index in [0.29, 0.717) is 27.8 Å². The summed E-state index contributed by atoms with van der Waals surface area (Å²) in [7, 11) is 3.09. The molecule has 0 atom stereocenters. The molecule has 0 aliphatic carbocycles. The molecule has 0 saturated carbocycles. The fourth-order valence-corrected chi connectivity index (χ4v) is 2.38. The highest BCUT2D eigenvalue weighted by Crippen LogP contribution is 2.22. The van der Waals surface area contributed by atoms with Crippen LogP contribution in [0, 0.1) is 0 Å². The molecule has 7 nitrogen and oxygen atoms in total. The van der Waals surface area contributed by atoms with Crippen molar-refractivity contribution in [2.45, 2.75) is 12.8 Å². The Morgan fingerprint density at radius 2 is 1.85 bits per heavy atom. The summed E-state index contributed by atoms with van der Waals surface area (Å²) in [6.07, 6.45) is 1.47. The minimum atomic E-state index is -0.380. The SMILES string of the molecule is COc1ccc(OC)c(/C=N/NC(=O)CCC(=O)Nc2cccc(Cl)c2)c1. The Hall–Kier alpha value is -3.06. The summed E-state index contributed by atoms with van der Waals surface area (Å²) in [4.78, 5) is 23.7. The Labute approximate surface area is 162 Å². The van der Waals surface area contributed by atoms with Crippen molar-refractivity contribution in [3.8, 4) is 11.5 Å². The maximum Gasteiger partial charge on any atom is 0.240 e. The average molecular weight is 390 g/mol. The van der Waals surface area contributed by atoms with Gasteiger partial charge < -0.3 is 14.8 Å². The second-order valence-electron chi connectivity index (χ2n) is 5.46. The predicted molar refractivity (Wildman–Crippen MR) is 105 cm³/mol. The number of nitrogens with one attached hydrogen (secondary N) is 2. The van der Waals surface area contributed by atoms with Crippen LogP contribution in [0.4, 0.5) is 5.69 Å². The molecular weight excluding hydrogens is 370 g/mol. The number of anilines is 1. The first kappa shape index (κ1) is 20.3. The van der Waals surface area contributed by atoms with Gasteiger partial charge in [0.1, 0.15) is 11.5 Å². The number of hydrogen-bond acceptors (Lipinski definition) is 5. The van der Waals surface area contributed by atoms with E-state index in [-0.39, 0.29) is 24.7 Å². The molecule has 8 heteroatoms. The first-order valence-corrected chi connectivity index (χ1v) is 8.49. The minimum absolute atomic E-state index is 0.00101. The van der Waals surface area contributed by atoms with Gasteiger partial charge in [0.15, 0.2) is 0 Å². The molecular formula is C19H20ClN3O4. The standard InChI is InChI=1S/C19H20ClN3O4/c1-26-16-6-7-17(27-2)13(10-16)12-21-23-19(25)9-8-18(24)22-15-5-3-4-14(20)11-15/h3-7,10-12H,8-9H2,1-2H3,(H,22,24)(H,23,25)/b21-12+. The highest BCUT2D eigenvalue weighted by atomic mass is 35.5. The summed E-state index contributed by atoms with van der Waals surface area (Å²) in [5.74, 6) is 0.566. The lowest BCUT2D eigenvalue weighted by molar-refractivity contribution is -0.124. The van der Waals surface area contributed by atoms with Crippen molar-refractivity contribution in [2.24, 2.45) is 5.10 Å². The molecule has 2 aromatic rings. The van der Waals surface area contributed by atoms with Gasteiger partial charge in [-0.2, -0.15) is 5.10 Å². The quantitative estimate of drug-likeness (QED) is 0.536. The zero-order valence-corrected chi connectivity index (χ0v) is 15.7. The van der Waals surface area contributed by atoms with Crippen LogP contribution in [0.1, 0.15) is 18.4 Å². The molecule has 0 fully saturated rings. The van der Waals surface area contributed by atoms with Crippen LogP contribution < -0.4 is 20.2 Å². The third-order valence-corrected chi connectivity index (χ3v) is 3.75. The lowest BCUT2D eigenvalue weighted by Gasteiger charge is -2.07. The van der Waals surface area contributed by atoms with Crippen molar-refractivity contribution in [1.29, 1.82) is 0 Å². The first-order valence-electron chi connectivity index (χ1n) is 8.11. The molecule has 0 aliphatic rings. The second kappa shape index (κ2) is 10.2. The highest BCUT2D eigenvalue weighted by molar-refractivity contribution is 6.30. The van der Waals surface area contributed by atoms with Gasteiger partial charge in [0.05, 0.1) is 20.4 Å². The average Bonchev–Trinajstić information content (AvgIpc) is 2.66. The molecule has 27 heavy (non-hydrogen) atoms. The summed E-state index contributed by atoms with van der Waals surface area (Å²) in [6.45, 7) is 0. The van der Waals surface area contributed by atoms with Crippen molar-refractivity contribution in [2.75, 3.05) is 19.5 Å². The minimum Gasteiger partial charge on any atom is -0.497 e. The number of ether oxygens (including phenoxy) is 2. The van der Waals surface area contributed by atoms with Crippen LogP contribution in [0.15, 0.2) is 47.6 Å². The molecule has 2 N–H and O–H groups in total. The van der Waals surface area contributed by atoms with E-state index in [4.69, 9.17) is 21.1 Å². The largest absolute Gasteiger partial charge is 0.497 e. The summed E-state index contributed by atoms with van der Waals surface area (Å²) in [6, 6.07) is 12.0. The number of amides is 2. The molecule has 0 aromatic heterocycles. The molecule has 2 rings (SSSR count). The third kappa shape index (κ3) is 6.63. The summed E-state index contributed by atoms with van der Waals surface area (Å²) < 4.78 is 10.4. The van der Waals surface area contributed by atoms with E-state index < -0.39 is 0 Å². The van der Waals surface area contributed by atoms with Gasteiger partial charge in [-0.1, -0.05) is 17.7 Å². The van der Waals surface area contributed by atoms with Crippen molar-refractivity contribution in [3.05, 3.63) is 53.1 Å². The van der Waals surface area contributed by atoms with Crippen molar-refractivity contribution in [3.63, 3.8) is 0 Å². The van der Waals surface area contributed by atoms with E-state index in [9.17, 15) is 9.59 Å². The van der Waals surface area contributed by atoms with E-state index in [1.165, 1.54) is 13.3 Å². The highest BCUT2D eigenvalue weighted by Gasteiger charge is 2.07. The molecule has 0 aliphatic heterocycles. The van der Waals surface area contributed by atoms with Gasteiger partial charge in [0.2, 0.25) is 11.8 Å². The fraction of sp³-hybridized carbons (Fsp3) is 0.211. The zero-order chi connectivity index (χ0) is 19.6. The number of hydrazone groups is 1.